The molecule has 0 N–H and O–H groups in total. The second kappa shape index (κ2) is 30.3. The number of carbonyl (C=O) groups excluding carboxylic acids is 2. The number of unbranched alkanes of at least 4 members (excludes halogenated alkanes) is 6. The molecule has 0 saturated carbocycles. The minimum absolute atomic E-state index is 0.000564. The van der Waals surface area contributed by atoms with Gasteiger partial charge in [0.25, 0.3) is 0 Å². The Bertz CT molecular complexity index is 516. The molecule has 9 heteroatoms. The summed E-state index contributed by atoms with van der Waals surface area (Å²) in [6.07, 6.45) is 11.3. The first kappa shape index (κ1) is 36.7. The lowest BCUT2D eigenvalue weighted by Gasteiger charge is -2.13. The molecule has 0 aromatic heterocycles. The van der Waals surface area contributed by atoms with E-state index in [2.05, 4.69) is 13.8 Å². The Balaban J connectivity index is 3.25. The summed E-state index contributed by atoms with van der Waals surface area (Å²) in [7, 11) is 0. The number of hydrogen-bond acceptors (Lipinski definition) is 9. The van der Waals surface area contributed by atoms with Crippen LogP contribution in [0.3, 0.4) is 0 Å². The predicted octanol–water partition coefficient (Wildman–Crippen LogP) is 5.12. The summed E-state index contributed by atoms with van der Waals surface area (Å²) in [6.45, 7) is 11.4. The third-order valence-electron chi connectivity index (χ3n) is 5.92. The van der Waals surface area contributed by atoms with Gasteiger partial charge < -0.3 is 33.2 Å². The lowest BCUT2D eigenvalue weighted by molar-refractivity contribution is -0.150. The molecule has 1 unspecified atom stereocenters. The molecule has 9 nitrogen and oxygen atoms in total. The zero-order valence-corrected chi connectivity index (χ0v) is 24.5. The van der Waals surface area contributed by atoms with Gasteiger partial charge in [-0.25, -0.2) is 0 Å². The molecule has 0 aromatic carbocycles. The average Bonchev–Trinajstić information content (AvgIpc) is 2.92. The quantitative estimate of drug-likeness (QED) is 0.0894. The average molecular weight is 549 g/mol. The van der Waals surface area contributed by atoms with E-state index in [1.807, 2.05) is 6.92 Å². The van der Waals surface area contributed by atoms with E-state index >= 15 is 0 Å². The minimum Gasteiger partial charge on any atom is -0.463 e. The number of esters is 2. The standard InChI is InChI=1S/C29H56O9/c1-4-7-9-10-11-12-14-28(30)37-25-23-35-21-19-33-17-15-32-16-18-34-20-22-36-24-26-38-29(31)27(6-3)13-8-5-2/h27H,4-26H2,1-3H3. The van der Waals surface area contributed by atoms with Gasteiger partial charge in [-0.1, -0.05) is 65.7 Å². The van der Waals surface area contributed by atoms with Gasteiger partial charge in [-0.2, -0.15) is 0 Å². The van der Waals surface area contributed by atoms with E-state index in [-0.39, 0.29) is 31.1 Å². The number of rotatable bonds is 30. The molecule has 0 saturated heterocycles. The van der Waals surface area contributed by atoms with Gasteiger partial charge in [0.2, 0.25) is 0 Å². The smallest absolute Gasteiger partial charge is 0.308 e. The molecule has 0 fully saturated rings. The summed E-state index contributed by atoms with van der Waals surface area (Å²) >= 11 is 0. The summed E-state index contributed by atoms with van der Waals surface area (Å²) < 4.78 is 37.6. The van der Waals surface area contributed by atoms with Crippen LogP contribution in [0.15, 0.2) is 0 Å². The van der Waals surface area contributed by atoms with Crippen LogP contribution in [0.2, 0.25) is 0 Å². The molecule has 0 heterocycles. The lowest BCUT2D eigenvalue weighted by atomic mass is 10.00. The maximum Gasteiger partial charge on any atom is 0.308 e. The van der Waals surface area contributed by atoms with Gasteiger partial charge in [-0.15, -0.1) is 0 Å². The molecule has 0 rings (SSSR count). The fourth-order valence-electron chi connectivity index (χ4n) is 3.58. The van der Waals surface area contributed by atoms with Crippen molar-refractivity contribution in [1.29, 1.82) is 0 Å². The van der Waals surface area contributed by atoms with Gasteiger partial charge in [0.15, 0.2) is 0 Å². The van der Waals surface area contributed by atoms with E-state index in [9.17, 15) is 9.59 Å². The summed E-state index contributed by atoms with van der Waals surface area (Å²) in [5.74, 6) is -0.264. The van der Waals surface area contributed by atoms with E-state index < -0.39 is 0 Å². The molecular formula is C29H56O9. The van der Waals surface area contributed by atoms with Crippen molar-refractivity contribution < 1.29 is 42.7 Å². The highest BCUT2D eigenvalue weighted by molar-refractivity contribution is 5.72. The van der Waals surface area contributed by atoms with Crippen LogP contribution in [-0.2, 0) is 42.7 Å². The first-order chi connectivity index (χ1) is 18.7. The van der Waals surface area contributed by atoms with Crippen molar-refractivity contribution in [3.63, 3.8) is 0 Å². The molecule has 0 radical (unpaired) electrons. The van der Waals surface area contributed by atoms with Crippen LogP contribution in [0, 0.1) is 5.92 Å². The Morgan fingerprint density at radius 2 is 0.921 bits per heavy atom. The zero-order valence-electron chi connectivity index (χ0n) is 24.5. The van der Waals surface area contributed by atoms with Crippen LogP contribution in [0.1, 0.15) is 91.4 Å². The molecule has 0 aliphatic carbocycles. The SMILES string of the molecule is CCCCCCCCC(=O)OCCOCCOCCOCCOCCOCCOC(=O)C(CC)CCCC. The third-order valence-corrected chi connectivity index (χ3v) is 5.92. The van der Waals surface area contributed by atoms with Gasteiger partial charge in [0.05, 0.1) is 72.0 Å². The van der Waals surface area contributed by atoms with Crippen molar-refractivity contribution in [3.8, 4) is 0 Å². The van der Waals surface area contributed by atoms with Gasteiger partial charge in [0.1, 0.15) is 13.2 Å². The van der Waals surface area contributed by atoms with Crippen LogP contribution < -0.4 is 0 Å². The van der Waals surface area contributed by atoms with Crippen molar-refractivity contribution in [3.05, 3.63) is 0 Å². The molecular weight excluding hydrogens is 492 g/mol. The number of hydrogen-bond donors (Lipinski definition) is 0. The molecule has 0 bridgehead atoms. The van der Waals surface area contributed by atoms with Crippen molar-refractivity contribution in [2.24, 2.45) is 5.92 Å². The molecule has 38 heavy (non-hydrogen) atoms. The summed E-state index contributed by atoms with van der Waals surface area (Å²) in [5.41, 5.74) is 0. The van der Waals surface area contributed by atoms with Gasteiger partial charge >= 0.3 is 11.9 Å². The second-order valence-corrected chi connectivity index (χ2v) is 9.21. The fourth-order valence-corrected chi connectivity index (χ4v) is 3.58. The number of ether oxygens (including phenoxy) is 7. The monoisotopic (exact) mass is 548 g/mol. The zero-order chi connectivity index (χ0) is 27.9. The number of carbonyl (C=O) groups is 2. The Kier molecular flexibility index (Phi) is 29.3. The van der Waals surface area contributed by atoms with Crippen LogP contribution in [-0.4, -0.2) is 91.2 Å². The van der Waals surface area contributed by atoms with Crippen LogP contribution in [0.5, 0.6) is 0 Å². The first-order valence-electron chi connectivity index (χ1n) is 14.9. The van der Waals surface area contributed by atoms with E-state index in [1.54, 1.807) is 0 Å². The highest BCUT2D eigenvalue weighted by atomic mass is 16.6. The minimum atomic E-state index is -0.144. The Morgan fingerprint density at radius 1 is 0.500 bits per heavy atom. The van der Waals surface area contributed by atoms with Crippen LogP contribution in [0.25, 0.3) is 0 Å². The Morgan fingerprint density at radius 3 is 1.39 bits per heavy atom. The first-order valence-corrected chi connectivity index (χ1v) is 14.9. The van der Waals surface area contributed by atoms with Crippen molar-refractivity contribution in [2.75, 3.05) is 79.3 Å². The van der Waals surface area contributed by atoms with Crippen LogP contribution in [0.4, 0.5) is 0 Å². The molecule has 0 aromatic rings. The van der Waals surface area contributed by atoms with Gasteiger partial charge in [-0.05, 0) is 19.3 Å². The largest absolute Gasteiger partial charge is 0.463 e. The van der Waals surface area contributed by atoms with Crippen LogP contribution >= 0.6 is 0 Å². The molecule has 226 valence electrons. The molecule has 0 aliphatic rings. The normalized spacial score (nSPS) is 12.0. The van der Waals surface area contributed by atoms with Gasteiger partial charge in [-0.3, -0.25) is 9.59 Å². The highest BCUT2D eigenvalue weighted by Gasteiger charge is 2.16. The second-order valence-electron chi connectivity index (χ2n) is 9.21. The van der Waals surface area contributed by atoms with Crippen molar-refractivity contribution in [1.82, 2.24) is 0 Å². The van der Waals surface area contributed by atoms with Crippen molar-refractivity contribution in [2.45, 2.75) is 91.4 Å². The summed E-state index contributed by atoms with van der Waals surface area (Å²) in [5, 5.41) is 0. The molecule has 1 atom stereocenters. The van der Waals surface area contributed by atoms with E-state index in [0.29, 0.717) is 72.5 Å². The topological polar surface area (TPSA) is 98.8 Å². The Hall–Kier alpha value is -1.26. The maximum atomic E-state index is 12.0. The Labute approximate surface area is 231 Å². The summed E-state index contributed by atoms with van der Waals surface area (Å²) in [4.78, 5) is 23.6. The maximum absolute atomic E-state index is 12.0. The molecule has 0 amide bonds. The molecule has 0 spiro atoms. The highest BCUT2D eigenvalue weighted by Crippen LogP contribution is 2.14. The fraction of sp³-hybridized carbons (Fsp3) is 0.931. The van der Waals surface area contributed by atoms with E-state index in [1.165, 1.54) is 25.7 Å². The third kappa shape index (κ3) is 26.4. The van der Waals surface area contributed by atoms with E-state index in [0.717, 1.165) is 38.5 Å². The van der Waals surface area contributed by atoms with Gasteiger partial charge in [0, 0.05) is 6.42 Å². The summed E-state index contributed by atoms with van der Waals surface area (Å²) in [6, 6.07) is 0. The molecule has 0 aliphatic heterocycles. The predicted molar refractivity (Wildman–Crippen MR) is 147 cm³/mol. The van der Waals surface area contributed by atoms with E-state index in [4.69, 9.17) is 33.2 Å². The lowest BCUT2D eigenvalue weighted by Crippen LogP contribution is -2.20. The van der Waals surface area contributed by atoms with Crippen molar-refractivity contribution >= 4 is 11.9 Å².